The summed E-state index contributed by atoms with van der Waals surface area (Å²) in [7, 11) is 0. The Balaban J connectivity index is 1.88. The molecule has 0 amide bonds. The first-order valence-corrected chi connectivity index (χ1v) is 8.05. The van der Waals surface area contributed by atoms with E-state index in [9.17, 15) is 9.59 Å². The summed E-state index contributed by atoms with van der Waals surface area (Å²) in [4.78, 5) is 27.4. The molecule has 7 heteroatoms. The standard InChI is InChI=1S/C18H12BrNO5/c19-14-9-11(6-7-15(14)24-10-16(21)22)8-13-17(20-25-18(13)23)12-4-2-1-3-5-12/h1-9H,10H2,(H,21,22)/b13-8-. The number of aliphatic carboxylic acids is 1. The van der Waals surface area contributed by atoms with Gasteiger partial charge in [-0.2, -0.15) is 0 Å². The summed E-state index contributed by atoms with van der Waals surface area (Å²) in [5.41, 5.74) is 2.30. The summed E-state index contributed by atoms with van der Waals surface area (Å²) < 4.78 is 5.73. The zero-order chi connectivity index (χ0) is 17.8. The van der Waals surface area contributed by atoms with Crippen LogP contribution in [0.4, 0.5) is 0 Å². The van der Waals surface area contributed by atoms with E-state index in [1.807, 2.05) is 30.3 Å². The molecule has 1 heterocycles. The molecule has 3 rings (SSSR count). The van der Waals surface area contributed by atoms with Gasteiger partial charge in [0.25, 0.3) is 0 Å². The van der Waals surface area contributed by atoms with Crippen molar-refractivity contribution in [1.82, 2.24) is 0 Å². The first-order valence-electron chi connectivity index (χ1n) is 7.25. The molecule has 0 bridgehead atoms. The quantitative estimate of drug-likeness (QED) is 0.613. The maximum Gasteiger partial charge on any atom is 0.368 e. The monoisotopic (exact) mass is 401 g/mol. The molecule has 0 radical (unpaired) electrons. The van der Waals surface area contributed by atoms with Crippen molar-refractivity contribution in [2.45, 2.75) is 0 Å². The molecule has 1 aliphatic heterocycles. The second-order valence-electron chi connectivity index (χ2n) is 5.11. The third-order valence-corrected chi connectivity index (χ3v) is 3.98. The lowest BCUT2D eigenvalue weighted by Gasteiger charge is -2.07. The van der Waals surface area contributed by atoms with E-state index in [2.05, 4.69) is 21.1 Å². The van der Waals surface area contributed by atoms with E-state index in [1.165, 1.54) is 0 Å². The summed E-state index contributed by atoms with van der Waals surface area (Å²) in [5.74, 6) is -1.19. The molecule has 0 unspecified atom stereocenters. The number of carbonyl (C=O) groups excluding carboxylic acids is 1. The van der Waals surface area contributed by atoms with Gasteiger partial charge in [-0.15, -0.1) is 0 Å². The van der Waals surface area contributed by atoms with Gasteiger partial charge in [0.15, 0.2) is 6.61 Å². The second kappa shape index (κ2) is 7.31. The van der Waals surface area contributed by atoms with Crippen LogP contribution < -0.4 is 4.74 Å². The molecule has 0 atom stereocenters. The number of ether oxygens (including phenoxy) is 1. The van der Waals surface area contributed by atoms with Gasteiger partial charge in [0, 0.05) is 5.56 Å². The number of hydrogen-bond donors (Lipinski definition) is 1. The Bertz CT molecular complexity index is 890. The second-order valence-corrected chi connectivity index (χ2v) is 5.97. The minimum atomic E-state index is -1.06. The van der Waals surface area contributed by atoms with Crippen LogP contribution >= 0.6 is 15.9 Å². The molecule has 25 heavy (non-hydrogen) atoms. The Kier molecular flexibility index (Phi) is 4.95. The highest BCUT2D eigenvalue weighted by molar-refractivity contribution is 9.10. The van der Waals surface area contributed by atoms with Crippen molar-refractivity contribution >= 4 is 39.7 Å². The molecule has 0 aromatic heterocycles. The smallest absolute Gasteiger partial charge is 0.368 e. The van der Waals surface area contributed by atoms with Gasteiger partial charge in [-0.25, -0.2) is 9.59 Å². The van der Waals surface area contributed by atoms with E-state index in [4.69, 9.17) is 14.7 Å². The Hall–Kier alpha value is -2.93. The summed E-state index contributed by atoms with van der Waals surface area (Å²) in [6.07, 6.45) is 1.66. The van der Waals surface area contributed by atoms with Crippen LogP contribution in [0, 0.1) is 0 Å². The summed E-state index contributed by atoms with van der Waals surface area (Å²) >= 11 is 3.33. The molecule has 126 valence electrons. The normalized spacial score (nSPS) is 15.0. The van der Waals surface area contributed by atoms with Crippen LogP contribution in [0.15, 0.2) is 63.7 Å². The lowest BCUT2D eigenvalue weighted by molar-refractivity contribution is -0.139. The minimum absolute atomic E-state index is 0.345. The van der Waals surface area contributed by atoms with Gasteiger partial charge >= 0.3 is 11.9 Å². The van der Waals surface area contributed by atoms with Gasteiger partial charge in [-0.05, 0) is 39.7 Å². The van der Waals surface area contributed by atoms with Crippen LogP contribution in [0.1, 0.15) is 11.1 Å². The maximum absolute atomic E-state index is 12.0. The van der Waals surface area contributed by atoms with Crippen LogP contribution in [0.3, 0.4) is 0 Å². The number of hydrogen-bond acceptors (Lipinski definition) is 5. The average Bonchev–Trinajstić information content (AvgIpc) is 2.95. The van der Waals surface area contributed by atoms with Crippen molar-refractivity contribution in [3.05, 3.63) is 69.7 Å². The fourth-order valence-electron chi connectivity index (χ4n) is 2.24. The fraction of sp³-hybridized carbons (Fsp3) is 0.0556. The average molecular weight is 402 g/mol. The highest BCUT2D eigenvalue weighted by Gasteiger charge is 2.26. The van der Waals surface area contributed by atoms with Gasteiger partial charge < -0.3 is 14.7 Å². The molecule has 0 aliphatic carbocycles. The number of carboxylic acid groups (broad SMARTS) is 1. The topological polar surface area (TPSA) is 85.2 Å². The maximum atomic E-state index is 12.0. The molecule has 2 aromatic rings. The molecule has 6 nitrogen and oxygen atoms in total. The Morgan fingerprint density at radius 3 is 2.68 bits per heavy atom. The number of oxime groups is 1. The van der Waals surface area contributed by atoms with E-state index in [0.717, 1.165) is 5.56 Å². The minimum Gasteiger partial charge on any atom is -0.481 e. The van der Waals surface area contributed by atoms with Crippen LogP contribution in [0.5, 0.6) is 5.75 Å². The molecular weight excluding hydrogens is 390 g/mol. The molecule has 0 spiro atoms. The number of carbonyl (C=O) groups is 2. The van der Waals surface area contributed by atoms with Gasteiger partial charge in [-0.3, -0.25) is 0 Å². The van der Waals surface area contributed by atoms with Crippen LogP contribution in [-0.4, -0.2) is 29.4 Å². The number of benzene rings is 2. The van der Waals surface area contributed by atoms with Crippen molar-refractivity contribution in [3.63, 3.8) is 0 Å². The lowest BCUT2D eigenvalue weighted by atomic mass is 10.0. The molecule has 1 N–H and O–H groups in total. The van der Waals surface area contributed by atoms with E-state index in [-0.39, 0.29) is 0 Å². The van der Waals surface area contributed by atoms with Crippen LogP contribution in [0.2, 0.25) is 0 Å². The van der Waals surface area contributed by atoms with Gasteiger partial charge in [0.05, 0.1) is 10.0 Å². The Labute approximate surface area is 151 Å². The van der Waals surface area contributed by atoms with Crippen LogP contribution in [0.25, 0.3) is 6.08 Å². The van der Waals surface area contributed by atoms with Crippen molar-refractivity contribution in [1.29, 1.82) is 0 Å². The first kappa shape index (κ1) is 16.9. The van der Waals surface area contributed by atoms with Crippen LogP contribution in [-0.2, 0) is 14.4 Å². The third-order valence-electron chi connectivity index (χ3n) is 3.36. The molecule has 2 aromatic carbocycles. The van der Waals surface area contributed by atoms with E-state index in [1.54, 1.807) is 24.3 Å². The number of carboxylic acids is 1. The zero-order valence-corrected chi connectivity index (χ0v) is 14.4. The van der Waals surface area contributed by atoms with E-state index in [0.29, 0.717) is 27.1 Å². The van der Waals surface area contributed by atoms with Crippen molar-refractivity contribution in [2.75, 3.05) is 6.61 Å². The molecule has 0 saturated carbocycles. The van der Waals surface area contributed by atoms with Gasteiger partial charge in [0.1, 0.15) is 11.5 Å². The number of nitrogens with zero attached hydrogens (tertiary/aromatic N) is 1. The van der Waals surface area contributed by atoms with Gasteiger partial charge in [0.2, 0.25) is 0 Å². The highest BCUT2D eigenvalue weighted by Crippen LogP contribution is 2.28. The Morgan fingerprint density at radius 2 is 2.00 bits per heavy atom. The summed E-state index contributed by atoms with van der Waals surface area (Å²) in [6, 6.07) is 14.3. The molecular formula is C18H12BrNO5. The fourth-order valence-corrected chi connectivity index (χ4v) is 2.75. The Morgan fingerprint density at radius 1 is 1.24 bits per heavy atom. The number of halogens is 1. The lowest BCUT2D eigenvalue weighted by Crippen LogP contribution is -2.09. The van der Waals surface area contributed by atoms with Crippen molar-refractivity contribution < 1.29 is 24.3 Å². The predicted octanol–water partition coefficient (Wildman–Crippen LogP) is 3.26. The summed E-state index contributed by atoms with van der Waals surface area (Å²) in [5, 5.41) is 12.5. The zero-order valence-electron chi connectivity index (χ0n) is 12.8. The molecule has 1 aliphatic rings. The van der Waals surface area contributed by atoms with E-state index >= 15 is 0 Å². The van der Waals surface area contributed by atoms with Gasteiger partial charge in [-0.1, -0.05) is 41.6 Å². The number of rotatable bonds is 5. The third kappa shape index (κ3) is 3.95. The molecule has 0 saturated heterocycles. The van der Waals surface area contributed by atoms with Crippen molar-refractivity contribution in [2.24, 2.45) is 5.16 Å². The summed E-state index contributed by atoms with van der Waals surface area (Å²) in [6.45, 7) is -0.434. The predicted molar refractivity (Wildman–Crippen MR) is 94.3 cm³/mol. The first-order chi connectivity index (χ1) is 12.0. The highest BCUT2D eigenvalue weighted by atomic mass is 79.9. The molecule has 0 fully saturated rings. The van der Waals surface area contributed by atoms with E-state index < -0.39 is 18.5 Å². The largest absolute Gasteiger partial charge is 0.481 e. The SMILES string of the molecule is O=C(O)COc1ccc(/C=C2\C(=O)ON=C2c2ccccc2)cc1Br. The van der Waals surface area contributed by atoms with Crippen molar-refractivity contribution in [3.8, 4) is 5.75 Å².